The number of aliphatic carboxylic acids is 1. The zero-order chi connectivity index (χ0) is 18.8. The first kappa shape index (κ1) is 22.6. The lowest BCUT2D eigenvalue weighted by Gasteiger charge is -2.24. The number of alkyl carbamates (subject to hydrolysis) is 1. The Bertz CT molecular complexity index is 385. The number of carboxylic acid groups (broad SMARTS) is 1. The van der Waals surface area contributed by atoms with Crippen LogP contribution in [0.4, 0.5) is 4.79 Å². The van der Waals surface area contributed by atoms with E-state index in [1.165, 1.54) is 0 Å². The lowest BCUT2D eigenvalue weighted by Crippen LogP contribution is -2.40. The van der Waals surface area contributed by atoms with Gasteiger partial charge in [0.05, 0.1) is 6.54 Å². The summed E-state index contributed by atoms with van der Waals surface area (Å²) in [6.07, 6.45) is -0.394. The molecule has 24 heavy (non-hydrogen) atoms. The van der Waals surface area contributed by atoms with E-state index in [1.54, 1.807) is 11.9 Å². The smallest absolute Gasteiger partial charge is 0.407 e. The molecule has 0 aromatic rings. The van der Waals surface area contributed by atoms with Crippen molar-refractivity contribution in [1.29, 1.82) is 0 Å². The lowest BCUT2D eigenvalue weighted by molar-refractivity contribution is -0.138. The van der Waals surface area contributed by atoms with Gasteiger partial charge in [0.2, 0.25) is 0 Å². The standard InChI is InChI=1S/C16H34N4O4/c1-16(2,3)24-15(23)17-7-8-18(4)9-10-19(5)11-12-20(6)13-14(21)22/h7-13H2,1-6H3,(H,17,23)(H,21,22). The maximum absolute atomic E-state index is 11.5. The summed E-state index contributed by atoms with van der Waals surface area (Å²) < 4.78 is 5.18. The zero-order valence-electron chi connectivity index (χ0n) is 16.0. The maximum atomic E-state index is 11.5. The first-order valence-corrected chi connectivity index (χ1v) is 8.24. The van der Waals surface area contributed by atoms with Crippen LogP contribution in [-0.4, -0.2) is 104 Å². The summed E-state index contributed by atoms with van der Waals surface area (Å²) in [7, 11) is 5.82. The second kappa shape index (κ2) is 11.2. The van der Waals surface area contributed by atoms with E-state index in [9.17, 15) is 9.59 Å². The van der Waals surface area contributed by atoms with Crippen LogP contribution in [0.25, 0.3) is 0 Å². The van der Waals surface area contributed by atoms with E-state index in [0.29, 0.717) is 13.1 Å². The molecule has 0 bridgehead atoms. The van der Waals surface area contributed by atoms with Gasteiger partial charge in [-0.3, -0.25) is 9.69 Å². The molecule has 0 saturated carbocycles. The first-order chi connectivity index (χ1) is 11.0. The number of amides is 1. The molecule has 0 heterocycles. The Kier molecular flexibility index (Phi) is 10.6. The van der Waals surface area contributed by atoms with Crippen molar-refractivity contribution in [2.75, 3.05) is 67.0 Å². The monoisotopic (exact) mass is 346 g/mol. The Morgan fingerprint density at radius 3 is 1.83 bits per heavy atom. The highest BCUT2D eigenvalue weighted by atomic mass is 16.6. The normalized spacial score (nSPS) is 12.0. The number of carbonyl (C=O) groups excluding carboxylic acids is 1. The van der Waals surface area contributed by atoms with Crippen molar-refractivity contribution in [2.24, 2.45) is 0 Å². The van der Waals surface area contributed by atoms with Gasteiger partial charge in [-0.25, -0.2) is 4.79 Å². The van der Waals surface area contributed by atoms with Crippen molar-refractivity contribution in [3.8, 4) is 0 Å². The van der Waals surface area contributed by atoms with Crippen LogP contribution in [-0.2, 0) is 9.53 Å². The molecule has 0 radical (unpaired) electrons. The highest BCUT2D eigenvalue weighted by Gasteiger charge is 2.15. The third-order valence-electron chi connectivity index (χ3n) is 3.29. The first-order valence-electron chi connectivity index (χ1n) is 8.24. The molecule has 0 fully saturated rings. The topological polar surface area (TPSA) is 85.4 Å². The number of hydrogen-bond donors (Lipinski definition) is 2. The Hall–Kier alpha value is -1.38. The summed E-state index contributed by atoms with van der Waals surface area (Å²) in [5, 5.41) is 11.4. The highest BCUT2D eigenvalue weighted by molar-refractivity contribution is 5.69. The average Bonchev–Trinajstić information content (AvgIpc) is 2.40. The third-order valence-corrected chi connectivity index (χ3v) is 3.29. The van der Waals surface area contributed by atoms with Crippen LogP contribution in [0.1, 0.15) is 20.8 Å². The van der Waals surface area contributed by atoms with Gasteiger partial charge < -0.3 is 25.0 Å². The number of likely N-dealkylation sites (N-methyl/N-ethyl adjacent to an activating group) is 3. The van der Waals surface area contributed by atoms with E-state index in [0.717, 1.165) is 26.2 Å². The fraction of sp³-hybridized carbons (Fsp3) is 0.875. The number of ether oxygens (including phenoxy) is 1. The summed E-state index contributed by atoms with van der Waals surface area (Å²) in [4.78, 5) is 28.2. The second-order valence-corrected chi connectivity index (χ2v) is 7.17. The number of carbonyl (C=O) groups is 2. The van der Waals surface area contributed by atoms with Crippen molar-refractivity contribution < 1.29 is 19.4 Å². The molecule has 0 unspecified atom stereocenters. The van der Waals surface area contributed by atoms with Crippen LogP contribution in [0, 0.1) is 0 Å². The van der Waals surface area contributed by atoms with Gasteiger partial charge in [-0.1, -0.05) is 0 Å². The molecule has 8 heteroatoms. The molecule has 1 amide bonds. The predicted octanol–water partition coefficient (Wildman–Crippen LogP) is 0.391. The number of nitrogens with zero attached hydrogens (tertiary/aromatic N) is 3. The Balaban J connectivity index is 3.76. The minimum absolute atomic E-state index is 0.0596. The zero-order valence-corrected chi connectivity index (χ0v) is 16.0. The number of hydrogen-bond acceptors (Lipinski definition) is 6. The number of nitrogens with one attached hydrogen (secondary N) is 1. The van der Waals surface area contributed by atoms with Crippen LogP contribution >= 0.6 is 0 Å². The summed E-state index contributed by atoms with van der Waals surface area (Å²) >= 11 is 0. The van der Waals surface area contributed by atoms with Gasteiger partial charge in [0, 0.05) is 39.3 Å². The minimum atomic E-state index is -0.808. The van der Waals surface area contributed by atoms with Gasteiger partial charge in [0.1, 0.15) is 5.60 Å². The fourth-order valence-electron chi connectivity index (χ4n) is 1.88. The van der Waals surface area contributed by atoms with Crippen molar-refractivity contribution in [3.63, 3.8) is 0 Å². The molecule has 0 aliphatic heterocycles. The molecule has 0 rings (SSSR count). The molecule has 0 aliphatic rings. The van der Waals surface area contributed by atoms with Gasteiger partial charge in [0.15, 0.2) is 0 Å². The number of carboxylic acids is 1. The molecule has 0 aromatic heterocycles. The molecule has 0 aliphatic carbocycles. The van der Waals surface area contributed by atoms with Crippen molar-refractivity contribution >= 4 is 12.1 Å². The SMILES string of the molecule is CN(CCNC(=O)OC(C)(C)C)CCN(C)CCN(C)CC(=O)O. The van der Waals surface area contributed by atoms with Gasteiger partial charge in [-0.05, 0) is 41.9 Å². The lowest BCUT2D eigenvalue weighted by atomic mass is 10.2. The van der Waals surface area contributed by atoms with Crippen molar-refractivity contribution in [1.82, 2.24) is 20.0 Å². The third kappa shape index (κ3) is 14.2. The summed E-state index contributed by atoms with van der Waals surface area (Å²) in [6, 6.07) is 0. The average molecular weight is 346 g/mol. The largest absolute Gasteiger partial charge is 0.480 e. The summed E-state index contributed by atoms with van der Waals surface area (Å²) in [6.45, 7) is 10.1. The van der Waals surface area contributed by atoms with E-state index in [1.807, 2.05) is 34.9 Å². The van der Waals surface area contributed by atoms with Crippen LogP contribution in [0.2, 0.25) is 0 Å². The van der Waals surface area contributed by atoms with Crippen molar-refractivity contribution in [3.05, 3.63) is 0 Å². The molecule has 0 aromatic carbocycles. The summed E-state index contributed by atoms with van der Waals surface area (Å²) in [5.74, 6) is -0.808. The van der Waals surface area contributed by atoms with E-state index in [2.05, 4.69) is 15.1 Å². The quantitative estimate of drug-likeness (QED) is 0.560. The molecule has 0 spiro atoms. The molecular formula is C16H34N4O4. The van der Waals surface area contributed by atoms with E-state index >= 15 is 0 Å². The van der Waals surface area contributed by atoms with Gasteiger partial charge in [-0.2, -0.15) is 0 Å². The molecule has 8 nitrogen and oxygen atoms in total. The van der Waals surface area contributed by atoms with E-state index < -0.39 is 17.7 Å². The van der Waals surface area contributed by atoms with Gasteiger partial charge in [0.25, 0.3) is 0 Å². The minimum Gasteiger partial charge on any atom is -0.480 e. The summed E-state index contributed by atoms with van der Waals surface area (Å²) in [5.41, 5.74) is -0.480. The Morgan fingerprint density at radius 2 is 1.38 bits per heavy atom. The maximum Gasteiger partial charge on any atom is 0.407 e. The Morgan fingerprint density at radius 1 is 0.917 bits per heavy atom. The van der Waals surface area contributed by atoms with Crippen molar-refractivity contribution in [2.45, 2.75) is 26.4 Å². The van der Waals surface area contributed by atoms with Crippen LogP contribution < -0.4 is 5.32 Å². The molecule has 2 N–H and O–H groups in total. The molecule has 142 valence electrons. The molecule has 0 saturated heterocycles. The molecule has 0 atom stereocenters. The number of rotatable bonds is 11. The fourth-order valence-corrected chi connectivity index (χ4v) is 1.88. The second-order valence-electron chi connectivity index (χ2n) is 7.17. The molecular weight excluding hydrogens is 312 g/mol. The Labute approximate surface area is 145 Å². The van der Waals surface area contributed by atoms with Crippen LogP contribution in [0.3, 0.4) is 0 Å². The predicted molar refractivity (Wildman–Crippen MR) is 94.4 cm³/mol. The van der Waals surface area contributed by atoms with Crippen LogP contribution in [0.15, 0.2) is 0 Å². The van der Waals surface area contributed by atoms with E-state index in [-0.39, 0.29) is 6.54 Å². The van der Waals surface area contributed by atoms with Gasteiger partial charge >= 0.3 is 12.1 Å². The van der Waals surface area contributed by atoms with Crippen LogP contribution in [0.5, 0.6) is 0 Å². The highest BCUT2D eigenvalue weighted by Crippen LogP contribution is 2.06. The van der Waals surface area contributed by atoms with E-state index in [4.69, 9.17) is 9.84 Å². The van der Waals surface area contributed by atoms with Gasteiger partial charge in [-0.15, -0.1) is 0 Å².